The number of benzene rings is 1. The van der Waals surface area contributed by atoms with Gasteiger partial charge in [-0.15, -0.1) is 0 Å². The van der Waals surface area contributed by atoms with Crippen LogP contribution in [0.25, 0.3) is 6.08 Å². The Balaban J connectivity index is 2.05. The minimum Gasteiger partial charge on any atom is -0.478 e. The Hall–Kier alpha value is -1.81. The van der Waals surface area contributed by atoms with Crippen LogP contribution >= 0.6 is 0 Å². The molecule has 21 heavy (non-hydrogen) atoms. The van der Waals surface area contributed by atoms with Gasteiger partial charge in [0, 0.05) is 31.4 Å². The maximum Gasteiger partial charge on any atom is 0.328 e. The lowest BCUT2D eigenvalue weighted by atomic mass is 9.95. The quantitative estimate of drug-likeness (QED) is 0.846. The summed E-state index contributed by atoms with van der Waals surface area (Å²) in [5.41, 5.74) is 2.12. The molecule has 0 spiro atoms. The van der Waals surface area contributed by atoms with Crippen LogP contribution in [-0.2, 0) is 4.79 Å². The lowest BCUT2D eigenvalue weighted by Gasteiger charge is -2.35. The molecule has 1 heterocycles. The lowest BCUT2D eigenvalue weighted by molar-refractivity contribution is -0.131. The molecule has 114 valence electrons. The Morgan fingerprint density at radius 3 is 2.62 bits per heavy atom. The van der Waals surface area contributed by atoms with E-state index in [1.165, 1.54) is 18.9 Å². The van der Waals surface area contributed by atoms with Gasteiger partial charge in [-0.1, -0.05) is 18.2 Å². The van der Waals surface area contributed by atoms with Crippen LogP contribution in [0.1, 0.15) is 18.4 Å². The first-order chi connectivity index (χ1) is 10.1. The molecule has 4 heteroatoms. The highest BCUT2D eigenvalue weighted by Crippen LogP contribution is 2.27. The number of carbonyl (C=O) groups is 1. The average molecular weight is 288 g/mol. The molecule has 1 saturated heterocycles. The predicted molar refractivity (Wildman–Crippen MR) is 86.6 cm³/mol. The number of piperidine rings is 1. The third-order valence-electron chi connectivity index (χ3n) is 3.92. The summed E-state index contributed by atoms with van der Waals surface area (Å²) in [6.45, 7) is 3.22. The van der Waals surface area contributed by atoms with Crippen molar-refractivity contribution in [2.45, 2.75) is 12.8 Å². The molecular formula is C17H24N2O2. The summed E-state index contributed by atoms with van der Waals surface area (Å²) in [6.07, 6.45) is 5.27. The number of nitrogens with zero attached hydrogens (tertiary/aromatic N) is 2. The van der Waals surface area contributed by atoms with E-state index in [0.717, 1.165) is 36.8 Å². The van der Waals surface area contributed by atoms with Crippen molar-refractivity contribution in [3.8, 4) is 0 Å². The van der Waals surface area contributed by atoms with Crippen molar-refractivity contribution in [1.29, 1.82) is 0 Å². The number of carboxylic acid groups (broad SMARTS) is 1. The first-order valence-corrected chi connectivity index (χ1v) is 7.46. The Kier molecular flexibility index (Phi) is 5.39. The van der Waals surface area contributed by atoms with Crippen LogP contribution in [0.4, 0.5) is 5.69 Å². The average Bonchev–Trinajstić information content (AvgIpc) is 2.46. The molecule has 0 amide bonds. The van der Waals surface area contributed by atoms with Crippen molar-refractivity contribution in [3.05, 3.63) is 35.9 Å². The molecule has 1 aromatic carbocycles. The molecule has 0 atom stereocenters. The number of anilines is 1. The molecule has 0 unspecified atom stereocenters. The van der Waals surface area contributed by atoms with Crippen LogP contribution in [0.15, 0.2) is 30.3 Å². The fourth-order valence-electron chi connectivity index (χ4n) is 2.95. The van der Waals surface area contributed by atoms with Crippen LogP contribution in [0.3, 0.4) is 0 Å². The summed E-state index contributed by atoms with van der Waals surface area (Å²) in [4.78, 5) is 15.3. The summed E-state index contributed by atoms with van der Waals surface area (Å²) in [6, 6.07) is 8.01. The predicted octanol–water partition coefficient (Wildman–Crippen LogP) is 2.56. The second-order valence-corrected chi connectivity index (χ2v) is 5.92. The second kappa shape index (κ2) is 7.27. The minimum atomic E-state index is -0.908. The van der Waals surface area contributed by atoms with Crippen molar-refractivity contribution < 1.29 is 9.90 Å². The van der Waals surface area contributed by atoms with Crippen LogP contribution in [-0.4, -0.2) is 49.7 Å². The van der Waals surface area contributed by atoms with Gasteiger partial charge in [0.15, 0.2) is 0 Å². The van der Waals surface area contributed by atoms with Crippen molar-refractivity contribution in [1.82, 2.24) is 4.90 Å². The van der Waals surface area contributed by atoms with Gasteiger partial charge >= 0.3 is 5.97 Å². The fraction of sp³-hybridized carbons (Fsp3) is 0.471. The summed E-state index contributed by atoms with van der Waals surface area (Å²) >= 11 is 0. The standard InChI is InChI=1S/C17H24N2O2/c1-18(2)13-14-9-11-19(12-10-14)16-6-4-3-5-15(16)7-8-17(20)21/h3-8,14H,9-13H2,1-2H3,(H,20,21). The molecule has 0 aliphatic carbocycles. The van der Waals surface area contributed by atoms with Gasteiger partial charge in [-0.05, 0) is 50.6 Å². The summed E-state index contributed by atoms with van der Waals surface area (Å²) in [5.74, 6) is -0.146. The van der Waals surface area contributed by atoms with E-state index in [1.54, 1.807) is 6.08 Å². The molecule has 0 bridgehead atoms. The first kappa shape index (κ1) is 15.6. The molecule has 1 fully saturated rings. The van der Waals surface area contributed by atoms with Gasteiger partial charge in [-0.25, -0.2) is 4.79 Å². The number of para-hydroxylation sites is 1. The van der Waals surface area contributed by atoms with E-state index in [9.17, 15) is 4.79 Å². The van der Waals surface area contributed by atoms with E-state index in [0.29, 0.717) is 0 Å². The van der Waals surface area contributed by atoms with Gasteiger partial charge in [0.05, 0.1) is 0 Å². The topological polar surface area (TPSA) is 43.8 Å². The molecule has 1 aliphatic heterocycles. The van der Waals surface area contributed by atoms with E-state index < -0.39 is 5.97 Å². The Labute approximate surface area is 126 Å². The molecule has 2 rings (SSSR count). The van der Waals surface area contributed by atoms with Crippen molar-refractivity contribution in [3.63, 3.8) is 0 Å². The van der Waals surface area contributed by atoms with Crippen LogP contribution in [0.5, 0.6) is 0 Å². The maximum atomic E-state index is 10.7. The SMILES string of the molecule is CN(C)CC1CCN(c2ccccc2C=CC(=O)O)CC1. The zero-order valence-corrected chi connectivity index (χ0v) is 12.8. The largest absolute Gasteiger partial charge is 0.478 e. The number of hydrogen-bond acceptors (Lipinski definition) is 3. The molecule has 0 aromatic heterocycles. The maximum absolute atomic E-state index is 10.7. The van der Waals surface area contributed by atoms with E-state index in [2.05, 4.69) is 30.0 Å². The third kappa shape index (κ3) is 4.60. The van der Waals surface area contributed by atoms with E-state index in [4.69, 9.17) is 5.11 Å². The summed E-state index contributed by atoms with van der Waals surface area (Å²) in [5, 5.41) is 8.79. The number of aliphatic carboxylic acids is 1. The number of hydrogen-bond donors (Lipinski definition) is 1. The van der Waals surface area contributed by atoms with Crippen LogP contribution in [0, 0.1) is 5.92 Å². The van der Waals surface area contributed by atoms with Gasteiger partial charge in [-0.2, -0.15) is 0 Å². The summed E-state index contributed by atoms with van der Waals surface area (Å²) < 4.78 is 0. The molecule has 4 nitrogen and oxygen atoms in total. The number of carboxylic acids is 1. The Morgan fingerprint density at radius 1 is 1.33 bits per heavy atom. The van der Waals surface area contributed by atoms with E-state index >= 15 is 0 Å². The highest BCUT2D eigenvalue weighted by molar-refractivity contribution is 5.87. The van der Waals surface area contributed by atoms with Crippen molar-refractivity contribution >= 4 is 17.7 Å². The fourth-order valence-corrected chi connectivity index (χ4v) is 2.95. The van der Waals surface area contributed by atoms with Crippen LogP contribution < -0.4 is 4.90 Å². The minimum absolute atomic E-state index is 0.762. The lowest BCUT2D eigenvalue weighted by Crippen LogP contribution is -2.37. The van der Waals surface area contributed by atoms with E-state index in [1.807, 2.05) is 18.2 Å². The molecule has 0 saturated carbocycles. The van der Waals surface area contributed by atoms with E-state index in [-0.39, 0.29) is 0 Å². The third-order valence-corrected chi connectivity index (χ3v) is 3.92. The normalized spacial score (nSPS) is 16.8. The van der Waals surface area contributed by atoms with Gasteiger partial charge < -0.3 is 14.9 Å². The molecule has 1 aromatic rings. The molecule has 1 aliphatic rings. The van der Waals surface area contributed by atoms with Gasteiger partial charge in [0.2, 0.25) is 0 Å². The zero-order chi connectivity index (χ0) is 15.2. The van der Waals surface area contributed by atoms with Crippen LogP contribution in [0.2, 0.25) is 0 Å². The Bertz CT molecular complexity index is 503. The zero-order valence-electron chi connectivity index (χ0n) is 12.8. The van der Waals surface area contributed by atoms with Gasteiger partial charge in [-0.3, -0.25) is 0 Å². The highest BCUT2D eigenvalue weighted by atomic mass is 16.4. The Morgan fingerprint density at radius 2 is 2.00 bits per heavy atom. The molecule has 0 radical (unpaired) electrons. The summed E-state index contributed by atoms with van der Waals surface area (Å²) in [7, 11) is 4.25. The first-order valence-electron chi connectivity index (χ1n) is 7.46. The molecule has 1 N–H and O–H groups in total. The highest BCUT2D eigenvalue weighted by Gasteiger charge is 2.20. The van der Waals surface area contributed by atoms with Crippen molar-refractivity contribution in [2.75, 3.05) is 38.6 Å². The van der Waals surface area contributed by atoms with Gasteiger partial charge in [0.1, 0.15) is 0 Å². The van der Waals surface area contributed by atoms with Gasteiger partial charge in [0.25, 0.3) is 0 Å². The molecular weight excluding hydrogens is 264 g/mol. The van der Waals surface area contributed by atoms with Crippen molar-refractivity contribution in [2.24, 2.45) is 5.92 Å². The second-order valence-electron chi connectivity index (χ2n) is 5.92. The number of rotatable bonds is 5. The monoisotopic (exact) mass is 288 g/mol. The smallest absolute Gasteiger partial charge is 0.328 e.